The Labute approximate surface area is 121 Å². The molecule has 1 aromatic rings. The second-order valence-corrected chi connectivity index (χ2v) is 6.07. The largest absolute Gasteiger partial charge is 0.508 e. The quantitative estimate of drug-likeness (QED) is 0.866. The van der Waals surface area contributed by atoms with E-state index in [4.69, 9.17) is 4.74 Å². The third-order valence-corrected chi connectivity index (χ3v) is 4.11. The number of aromatic hydroxyl groups is 1. The number of phenolic OH excluding ortho intramolecular Hbond substituents is 1. The van der Waals surface area contributed by atoms with Gasteiger partial charge >= 0.3 is 0 Å². The van der Waals surface area contributed by atoms with Crippen LogP contribution in [0.1, 0.15) is 32.4 Å². The lowest BCUT2D eigenvalue weighted by Crippen LogP contribution is -2.54. The van der Waals surface area contributed by atoms with Crippen molar-refractivity contribution in [3.63, 3.8) is 0 Å². The monoisotopic (exact) mass is 278 g/mol. The van der Waals surface area contributed by atoms with Crippen LogP contribution in [-0.2, 0) is 4.74 Å². The molecular formula is C16H26N2O2. The molecule has 0 aromatic heterocycles. The Balaban J connectivity index is 1.92. The van der Waals surface area contributed by atoms with Gasteiger partial charge in [-0.25, -0.2) is 0 Å². The summed E-state index contributed by atoms with van der Waals surface area (Å²) < 4.78 is 5.41. The average molecular weight is 278 g/mol. The SMILES string of the molecule is CC(NCC(C)(C)N1CCOCC1)c1ccccc1O. The highest BCUT2D eigenvalue weighted by molar-refractivity contribution is 5.34. The standard InChI is InChI=1S/C16H26N2O2/c1-13(14-6-4-5-7-15(14)19)17-12-16(2,3)18-8-10-20-11-9-18/h4-7,13,17,19H,8-12H2,1-3H3. The fourth-order valence-corrected chi connectivity index (χ4v) is 2.65. The molecule has 20 heavy (non-hydrogen) atoms. The zero-order valence-electron chi connectivity index (χ0n) is 12.7. The minimum atomic E-state index is 0.0858. The Hall–Kier alpha value is -1.10. The Kier molecular flexibility index (Phi) is 5.02. The summed E-state index contributed by atoms with van der Waals surface area (Å²) in [5, 5.41) is 13.4. The van der Waals surface area contributed by atoms with Crippen molar-refractivity contribution >= 4 is 0 Å². The lowest BCUT2D eigenvalue weighted by molar-refractivity contribution is -0.0102. The molecule has 1 aromatic carbocycles. The molecule has 1 saturated heterocycles. The maximum Gasteiger partial charge on any atom is 0.120 e. The van der Waals surface area contributed by atoms with Gasteiger partial charge in [0.1, 0.15) is 5.75 Å². The van der Waals surface area contributed by atoms with Crippen LogP contribution in [-0.4, -0.2) is 48.4 Å². The molecule has 0 spiro atoms. The lowest BCUT2D eigenvalue weighted by atomic mass is 10.0. The highest BCUT2D eigenvalue weighted by Crippen LogP contribution is 2.24. The number of nitrogens with one attached hydrogen (secondary N) is 1. The van der Waals surface area contributed by atoms with Gasteiger partial charge in [-0.05, 0) is 26.8 Å². The summed E-state index contributed by atoms with van der Waals surface area (Å²) in [7, 11) is 0. The first-order chi connectivity index (χ1) is 9.50. The topological polar surface area (TPSA) is 44.7 Å². The molecule has 2 N–H and O–H groups in total. The normalized spacial score (nSPS) is 18.9. The fraction of sp³-hybridized carbons (Fsp3) is 0.625. The molecule has 0 radical (unpaired) electrons. The number of benzene rings is 1. The van der Waals surface area contributed by atoms with Crippen LogP contribution in [0.2, 0.25) is 0 Å². The van der Waals surface area contributed by atoms with Crippen molar-refractivity contribution in [2.24, 2.45) is 0 Å². The smallest absolute Gasteiger partial charge is 0.120 e. The number of hydrogen-bond donors (Lipinski definition) is 2. The van der Waals surface area contributed by atoms with Crippen LogP contribution in [0.4, 0.5) is 0 Å². The molecule has 1 aliphatic heterocycles. The Morgan fingerprint density at radius 3 is 2.60 bits per heavy atom. The summed E-state index contributed by atoms with van der Waals surface area (Å²) in [5.41, 5.74) is 1.04. The average Bonchev–Trinajstić information content (AvgIpc) is 2.46. The fourth-order valence-electron chi connectivity index (χ4n) is 2.65. The van der Waals surface area contributed by atoms with Gasteiger partial charge in [-0.15, -0.1) is 0 Å². The first-order valence-corrected chi connectivity index (χ1v) is 7.35. The van der Waals surface area contributed by atoms with Gasteiger partial charge < -0.3 is 15.2 Å². The van der Waals surface area contributed by atoms with Crippen LogP contribution >= 0.6 is 0 Å². The van der Waals surface area contributed by atoms with Crippen molar-refractivity contribution in [2.45, 2.75) is 32.4 Å². The highest BCUT2D eigenvalue weighted by Gasteiger charge is 2.28. The van der Waals surface area contributed by atoms with E-state index in [2.05, 4.69) is 31.0 Å². The van der Waals surface area contributed by atoms with Gasteiger partial charge in [0, 0.05) is 36.8 Å². The Morgan fingerprint density at radius 2 is 1.95 bits per heavy atom. The summed E-state index contributed by atoms with van der Waals surface area (Å²) in [6, 6.07) is 7.65. The maximum atomic E-state index is 9.89. The van der Waals surface area contributed by atoms with E-state index in [1.165, 1.54) is 0 Å². The summed E-state index contributed by atoms with van der Waals surface area (Å²) in [6.45, 7) is 11.1. The molecule has 0 saturated carbocycles. The van der Waals surface area contributed by atoms with Crippen molar-refractivity contribution < 1.29 is 9.84 Å². The van der Waals surface area contributed by atoms with E-state index < -0.39 is 0 Å². The minimum Gasteiger partial charge on any atom is -0.508 e. The van der Waals surface area contributed by atoms with Crippen LogP contribution in [0.3, 0.4) is 0 Å². The maximum absolute atomic E-state index is 9.89. The molecule has 0 amide bonds. The predicted molar refractivity (Wildman–Crippen MR) is 81.0 cm³/mol. The van der Waals surface area contributed by atoms with E-state index in [0.29, 0.717) is 5.75 Å². The zero-order valence-corrected chi connectivity index (χ0v) is 12.7. The summed E-state index contributed by atoms with van der Waals surface area (Å²) >= 11 is 0. The number of ether oxygens (including phenoxy) is 1. The van der Waals surface area contributed by atoms with E-state index in [1.807, 2.05) is 18.2 Å². The molecule has 2 rings (SSSR count). The Morgan fingerprint density at radius 1 is 1.30 bits per heavy atom. The van der Waals surface area contributed by atoms with E-state index in [0.717, 1.165) is 38.4 Å². The molecule has 112 valence electrons. The molecule has 1 atom stereocenters. The first-order valence-electron chi connectivity index (χ1n) is 7.35. The van der Waals surface area contributed by atoms with Crippen LogP contribution in [0.5, 0.6) is 5.75 Å². The van der Waals surface area contributed by atoms with Crippen molar-refractivity contribution in [1.29, 1.82) is 0 Å². The van der Waals surface area contributed by atoms with Gasteiger partial charge in [-0.1, -0.05) is 18.2 Å². The van der Waals surface area contributed by atoms with Gasteiger partial charge in [0.05, 0.1) is 13.2 Å². The number of nitrogens with zero attached hydrogens (tertiary/aromatic N) is 1. The highest BCUT2D eigenvalue weighted by atomic mass is 16.5. The Bertz CT molecular complexity index is 428. The number of rotatable bonds is 5. The molecule has 0 bridgehead atoms. The van der Waals surface area contributed by atoms with Crippen molar-refractivity contribution in [3.05, 3.63) is 29.8 Å². The zero-order chi connectivity index (χ0) is 14.6. The number of morpholine rings is 1. The number of phenols is 1. The van der Waals surface area contributed by atoms with Gasteiger partial charge in [-0.3, -0.25) is 4.90 Å². The summed E-state index contributed by atoms with van der Waals surface area (Å²) in [4.78, 5) is 2.46. The number of para-hydroxylation sites is 1. The number of hydrogen-bond acceptors (Lipinski definition) is 4. The molecular weight excluding hydrogens is 252 g/mol. The van der Waals surface area contributed by atoms with E-state index in [9.17, 15) is 5.11 Å². The molecule has 1 aliphatic rings. The van der Waals surface area contributed by atoms with Crippen molar-refractivity contribution in [1.82, 2.24) is 10.2 Å². The van der Waals surface area contributed by atoms with Gasteiger partial charge in [0.25, 0.3) is 0 Å². The second-order valence-electron chi connectivity index (χ2n) is 6.07. The first kappa shape index (κ1) is 15.3. The summed E-state index contributed by atoms with van der Waals surface area (Å²) in [5.74, 6) is 0.358. The van der Waals surface area contributed by atoms with Crippen LogP contribution in [0.15, 0.2) is 24.3 Å². The molecule has 1 fully saturated rings. The van der Waals surface area contributed by atoms with Crippen molar-refractivity contribution in [3.8, 4) is 5.75 Å². The van der Waals surface area contributed by atoms with Gasteiger partial charge in [-0.2, -0.15) is 0 Å². The van der Waals surface area contributed by atoms with Crippen LogP contribution in [0.25, 0.3) is 0 Å². The van der Waals surface area contributed by atoms with Crippen LogP contribution in [0, 0.1) is 0 Å². The second kappa shape index (κ2) is 6.57. The third kappa shape index (κ3) is 3.72. The van der Waals surface area contributed by atoms with Crippen molar-refractivity contribution in [2.75, 3.05) is 32.8 Å². The molecule has 0 aliphatic carbocycles. The lowest BCUT2D eigenvalue weighted by Gasteiger charge is -2.41. The minimum absolute atomic E-state index is 0.0858. The van der Waals surface area contributed by atoms with Gasteiger partial charge in [0.15, 0.2) is 0 Å². The third-order valence-electron chi connectivity index (χ3n) is 4.11. The predicted octanol–water partition coefficient (Wildman–Crippen LogP) is 2.15. The van der Waals surface area contributed by atoms with Crippen LogP contribution < -0.4 is 5.32 Å². The molecule has 4 nitrogen and oxygen atoms in total. The molecule has 4 heteroatoms. The summed E-state index contributed by atoms with van der Waals surface area (Å²) in [6.07, 6.45) is 0. The van der Waals surface area contributed by atoms with E-state index >= 15 is 0 Å². The van der Waals surface area contributed by atoms with Gasteiger partial charge in [0.2, 0.25) is 0 Å². The molecule has 1 heterocycles. The molecule has 1 unspecified atom stereocenters. The van der Waals surface area contributed by atoms with E-state index in [1.54, 1.807) is 6.07 Å². The van der Waals surface area contributed by atoms with E-state index in [-0.39, 0.29) is 11.6 Å².